The van der Waals surface area contributed by atoms with E-state index < -0.39 is 102 Å². The summed E-state index contributed by atoms with van der Waals surface area (Å²) in [5.41, 5.74) is 38.4. The van der Waals surface area contributed by atoms with E-state index in [1.807, 2.05) is 68.4 Å². The van der Waals surface area contributed by atoms with Gasteiger partial charge in [-0.05, 0) is 84.2 Å². The zero-order chi connectivity index (χ0) is 61.6. The normalized spacial score (nSPS) is 15.4. The fourth-order valence-electron chi connectivity index (χ4n) is 10.4. The molecule has 1 aliphatic heterocycles. The number of hydrogen-bond donors (Lipinski definition) is 12. The van der Waals surface area contributed by atoms with Crippen molar-refractivity contribution in [3.63, 3.8) is 0 Å². The Morgan fingerprint density at radius 1 is 0.553 bits per heavy atom. The average molecular weight is 1170 g/mol. The Kier molecular flexibility index (Phi) is 24.1. The van der Waals surface area contributed by atoms with Gasteiger partial charge in [-0.15, -0.1) is 0 Å². The summed E-state index contributed by atoms with van der Waals surface area (Å²) < 4.78 is 5.86. The fourth-order valence-corrected chi connectivity index (χ4v) is 10.4. The molecule has 7 atom stereocenters. The van der Waals surface area contributed by atoms with Crippen molar-refractivity contribution < 1.29 is 47.9 Å². The molecule has 1 aliphatic carbocycles. The molecule has 1 saturated heterocycles. The molecular formula is C60H79N15O10. The third-order valence-corrected chi connectivity index (χ3v) is 14.5. The topological polar surface area (TPSA) is 419 Å². The maximum atomic E-state index is 14.8. The second kappa shape index (κ2) is 31.8. The van der Waals surface area contributed by atoms with Crippen molar-refractivity contribution in [3.05, 3.63) is 131 Å². The Hall–Kier alpha value is -9.55. The first-order chi connectivity index (χ1) is 40.7. The van der Waals surface area contributed by atoms with Crippen LogP contribution in [0.3, 0.4) is 0 Å². The Labute approximate surface area is 493 Å². The number of likely N-dealkylation sites (tertiary alicyclic amines) is 1. The minimum atomic E-state index is -1.49. The second-order valence-corrected chi connectivity index (χ2v) is 21.5. The molecule has 4 aromatic rings. The van der Waals surface area contributed by atoms with Crippen LogP contribution in [0.25, 0.3) is 11.1 Å². The second-order valence-electron chi connectivity index (χ2n) is 21.5. The molecule has 0 saturated carbocycles. The fraction of sp³-hybridized carbons (Fsp3) is 0.417. The third kappa shape index (κ3) is 19.5. The number of rotatable bonds is 31. The predicted octanol–water partition coefficient (Wildman–Crippen LogP) is 0.308. The molecule has 18 N–H and O–H groups in total. The largest absolute Gasteiger partial charge is 0.449 e. The van der Waals surface area contributed by atoms with Crippen molar-refractivity contribution in [2.45, 2.75) is 126 Å². The van der Waals surface area contributed by atoms with Crippen molar-refractivity contribution in [2.24, 2.45) is 50.3 Å². The summed E-state index contributed by atoms with van der Waals surface area (Å²) in [5, 5.41) is 16.3. The van der Waals surface area contributed by atoms with E-state index in [0.29, 0.717) is 12.0 Å². The summed E-state index contributed by atoms with van der Waals surface area (Å²) in [7, 11) is 0. The van der Waals surface area contributed by atoms with Gasteiger partial charge >= 0.3 is 6.09 Å². The number of amides is 9. The summed E-state index contributed by atoms with van der Waals surface area (Å²) >= 11 is 0. The van der Waals surface area contributed by atoms with E-state index >= 15 is 0 Å². The van der Waals surface area contributed by atoms with E-state index in [2.05, 4.69) is 41.9 Å². The van der Waals surface area contributed by atoms with Gasteiger partial charge in [0.25, 0.3) is 0 Å². The van der Waals surface area contributed by atoms with Crippen LogP contribution in [0.2, 0.25) is 0 Å². The molecule has 0 bridgehead atoms. The summed E-state index contributed by atoms with van der Waals surface area (Å²) in [6, 6.07) is 24.6. The van der Waals surface area contributed by atoms with Gasteiger partial charge in [-0.3, -0.25) is 48.3 Å². The number of carbonyl (C=O) groups excluding carboxylic acids is 9. The summed E-state index contributed by atoms with van der Waals surface area (Å²) in [4.78, 5) is 134. The van der Waals surface area contributed by atoms with E-state index in [0.717, 1.165) is 27.8 Å². The molecule has 0 aromatic heterocycles. The van der Waals surface area contributed by atoms with E-state index in [4.69, 9.17) is 39.1 Å². The van der Waals surface area contributed by atoms with Crippen LogP contribution in [-0.4, -0.2) is 139 Å². The highest BCUT2D eigenvalue weighted by molar-refractivity contribution is 5.98. The smallest absolute Gasteiger partial charge is 0.407 e. The number of benzene rings is 4. The quantitative estimate of drug-likeness (QED) is 0.0183. The van der Waals surface area contributed by atoms with Crippen LogP contribution in [-0.2, 0) is 55.9 Å². The van der Waals surface area contributed by atoms with Crippen molar-refractivity contribution in [3.8, 4) is 11.1 Å². The number of fused-ring (bicyclic) bond motifs is 3. The van der Waals surface area contributed by atoms with Crippen LogP contribution >= 0.6 is 0 Å². The molecular weight excluding hydrogens is 1090 g/mol. The molecule has 25 heteroatoms. The molecule has 0 spiro atoms. The Balaban J connectivity index is 1.21. The number of alkyl carbamates (subject to hydrolysis) is 1. The highest BCUT2D eigenvalue weighted by Gasteiger charge is 2.40. The van der Waals surface area contributed by atoms with Crippen LogP contribution in [0.1, 0.15) is 93.4 Å². The van der Waals surface area contributed by atoms with Gasteiger partial charge in [0.15, 0.2) is 11.9 Å². The van der Waals surface area contributed by atoms with Crippen molar-refractivity contribution >= 4 is 65.3 Å². The SMILES string of the molecule is CC(C)C[C@H](NC(=O)[C@H](Cc1ccccc1)NC(=O)OCC1c2ccccc2-c2ccccc21)C(=O)N[C@@H](Cc1ccccc1)C(=O)N[C@@H](CCCN=C(N)N)C(=O)N1CCC[C@H]1C(=O)N[C@@H](CCCN=C(N)N)C(=O)N[C@@H](CC(N)=O)C(N)=O. The molecule has 1 heterocycles. The lowest BCUT2D eigenvalue weighted by molar-refractivity contribution is -0.142. The zero-order valence-electron chi connectivity index (χ0n) is 47.9. The zero-order valence-corrected chi connectivity index (χ0v) is 47.9. The molecule has 0 radical (unpaired) electrons. The molecule has 25 nitrogen and oxygen atoms in total. The van der Waals surface area contributed by atoms with Gasteiger partial charge in [0.2, 0.25) is 47.3 Å². The van der Waals surface area contributed by atoms with Gasteiger partial charge in [0, 0.05) is 38.4 Å². The van der Waals surface area contributed by atoms with Crippen LogP contribution < -0.4 is 66.3 Å². The van der Waals surface area contributed by atoms with E-state index in [-0.39, 0.29) is 101 Å². The minimum absolute atomic E-state index is 0.00741. The van der Waals surface area contributed by atoms with Gasteiger partial charge in [-0.25, -0.2) is 4.79 Å². The first-order valence-corrected chi connectivity index (χ1v) is 28.4. The molecule has 2 aliphatic rings. The van der Waals surface area contributed by atoms with E-state index in [1.165, 1.54) is 4.90 Å². The number of aliphatic imine (C=N–C) groups is 2. The third-order valence-electron chi connectivity index (χ3n) is 14.5. The molecule has 9 amide bonds. The maximum absolute atomic E-state index is 14.8. The lowest BCUT2D eigenvalue weighted by atomic mass is 9.98. The molecule has 85 heavy (non-hydrogen) atoms. The first kappa shape index (κ1) is 64.6. The summed E-state index contributed by atoms with van der Waals surface area (Å²) in [5.74, 6) is -7.25. The Morgan fingerprint density at radius 3 is 1.53 bits per heavy atom. The minimum Gasteiger partial charge on any atom is -0.449 e. The maximum Gasteiger partial charge on any atom is 0.407 e. The Morgan fingerprint density at radius 2 is 1.01 bits per heavy atom. The number of nitrogens with two attached hydrogens (primary N) is 6. The number of hydrogen-bond acceptors (Lipinski definition) is 12. The van der Waals surface area contributed by atoms with Gasteiger partial charge in [0.1, 0.15) is 48.9 Å². The number of carbonyl (C=O) groups is 9. The number of primary amides is 2. The molecule has 6 rings (SSSR count). The van der Waals surface area contributed by atoms with Gasteiger partial charge in [-0.1, -0.05) is 123 Å². The van der Waals surface area contributed by atoms with Gasteiger partial charge in [0.05, 0.1) is 6.42 Å². The number of nitrogens with one attached hydrogen (secondary N) is 6. The monoisotopic (exact) mass is 1170 g/mol. The van der Waals surface area contributed by atoms with Crippen molar-refractivity contribution in [1.82, 2.24) is 36.8 Å². The van der Waals surface area contributed by atoms with E-state index in [9.17, 15) is 43.2 Å². The molecule has 0 unspecified atom stereocenters. The number of guanidine groups is 2. The van der Waals surface area contributed by atoms with Crippen LogP contribution in [0.5, 0.6) is 0 Å². The predicted molar refractivity (Wildman–Crippen MR) is 319 cm³/mol. The summed E-state index contributed by atoms with van der Waals surface area (Å²) in [6.07, 6.45) is -0.589. The first-order valence-electron chi connectivity index (χ1n) is 28.4. The Bertz CT molecular complexity index is 3000. The van der Waals surface area contributed by atoms with Gasteiger partial charge in [-0.2, -0.15) is 0 Å². The average Bonchev–Trinajstić information content (AvgIpc) is 2.20. The highest BCUT2D eigenvalue weighted by atomic mass is 16.5. The van der Waals surface area contributed by atoms with Crippen molar-refractivity contribution in [2.75, 3.05) is 26.2 Å². The molecule has 1 fully saturated rings. The molecule has 454 valence electrons. The lowest BCUT2D eigenvalue weighted by Gasteiger charge is -2.31. The standard InChI is InChI=1S/C60H79N15O10/c1-35(2)30-46(72-55(81)48(32-37-18-7-4-8-19-37)74-60(84)85-34-42-40-22-11-9-20-38(40)39-21-10-12-23-41(39)42)53(79)73-47(31-36-16-5-3-6-17-36)54(80)70-44(25-14-28-68-59(65)66)57(83)75-29-15-26-49(75)56(82)69-43(24-13-27-67-58(63)64)52(78)71-45(51(62)77)33-50(61)76/h3-12,16-23,35,42-49H,13-15,24-34H2,1-2H3,(H2,61,76)(H2,62,77)(H,69,82)(H,70,80)(H,71,78)(H,72,81)(H,73,79)(H,74,84)(H4,63,64,67)(H4,65,66,68)/t43-,44-,45-,46-,47-,48-,49-/m0/s1. The van der Waals surface area contributed by atoms with Gasteiger partial charge < -0.3 is 75.9 Å². The van der Waals surface area contributed by atoms with Crippen molar-refractivity contribution in [1.29, 1.82) is 0 Å². The summed E-state index contributed by atoms with van der Waals surface area (Å²) in [6.45, 7) is 3.91. The van der Waals surface area contributed by atoms with Crippen LogP contribution in [0.4, 0.5) is 4.79 Å². The van der Waals surface area contributed by atoms with Crippen LogP contribution in [0, 0.1) is 5.92 Å². The van der Waals surface area contributed by atoms with Crippen LogP contribution in [0.15, 0.2) is 119 Å². The number of nitrogens with zero attached hydrogens (tertiary/aromatic N) is 3. The number of ether oxygens (including phenoxy) is 1. The lowest BCUT2D eigenvalue weighted by Crippen LogP contribution is -2.60. The highest BCUT2D eigenvalue weighted by Crippen LogP contribution is 2.44. The molecule has 4 aromatic carbocycles. The van der Waals surface area contributed by atoms with E-state index in [1.54, 1.807) is 54.6 Å².